The van der Waals surface area contributed by atoms with E-state index in [-0.39, 0.29) is 0 Å². The predicted molar refractivity (Wildman–Crippen MR) is 68.4 cm³/mol. The van der Waals surface area contributed by atoms with Gasteiger partial charge in [0, 0.05) is 42.5 Å². The van der Waals surface area contributed by atoms with Crippen LogP contribution in [0.15, 0.2) is 36.8 Å². The number of imidazole rings is 1. The van der Waals surface area contributed by atoms with Gasteiger partial charge in [0.25, 0.3) is 0 Å². The molecular formula is C13H14ClN3. The Morgan fingerprint density at radius 2 is 2.29 bits per heavy atom. The van der Waals surface area contributed by atoms with E-state index in [1.54, 1.807) is 0 Å². The minimum atomic E-state index is 0.608. The summed E-state index contributed by atoms with van der Waals surface area (Å²) in [6.45, 7) is 2.95. The van der Waals surface area contributed by atoms with Crippen molar-refractivity contribution in [1.29, 1.82) is 0 Å². The first-order valence-corrected chi connectivity index (χ1v) is 6.16. The Kier molecular flexibility index (Phi) is 2.87. The minimum Gasteiger partial charge on any atom is -0.330 e. The van der Waals surface area contributed by atoms with Gasteiger partial charge in [-0.1, -0.05) is 23.7 Å². The van der Waals surface area contributed by atoms with Crippen LogP contribution in [-0.2, 0) is 6.54 Å². The third-order valence-corrected chi connectivity index (χ3v) is 3.42. The maximum atomic E-state index is 5.99. The van der Waals surface area contributed by atoms with Crippen LogP contribution in [0.4, 0.5) is 0 Å². The fourth-order valence-electron chi connectivity index (χ4n) is 2.13. The summed E-state index contributed by atoms with van der Waals surface area (Å²) in [5.41, 5.74) is 2.52. The van der Waals surface area contributed by atoms with Gasteiger partial charge >= 0.3 is 0 Å². The Morgan fingerprint density at radius 3 is 3.00 bits per heavy atom. The van der Waals surface area contributed by atoms with Gasteiger partial charge in [0.1, 0.15) is 0 Å². The smallest absolute Gasteiger partial charge is 0.0951 e. The Morgan fingerprint density at radius 1 is 1.41 bits per heavy atom. The van der Waals surface area contributed by atoms with Crippen molar-refractivity contribution in [2.75, 3.05) is 13.1 Å². The number of hydrogen-bond acceptors (Lipinski definition) is 2. The van der Waals surface area contributed by atoms with Crippen molar-refractivity contribution >= 4 is 11.6 Å². The lowest BCUT2D eigenvalue weighted by molar-refractivity contribution is 0.427. The molecule has 88 valence electrons. The van der Waals surface area contributed by atoms with E-state index in [9.17, 15) is 0 Å². The van der Waals surface area contributed by atoms with Crippen molar-refractivity contribution in [2.45, 2.75) is 12.5 Å². The molecule has 1 aliphatic rings. The topological polar surface area (TPSA) is 29.9 Å². The highest BCUT2D eigenvalue weighted by Gasteiger charge is 2.22. The predicted octanol–water partition coefficient (Wildman–Crippen LogP) is 2.27. The zero-order chi connectivity index (χ0) is 11.7. The van der Waals surface area contributed by atoms with Crippen LogP contribution >= 0.6 is 11.6 Å². The molecule has 17 heavy (non-hydrogen) atoms. The van der Waals surface area contributed by atoms with E-state index >= 15 is 0 Å². The van der Waals surface area contributed by atoms with Crippen molar-refractivity contribution in [1.82, 2.24) is 14.9 Å². The maximum Gasteiger partial charge on any atom is 0.0951 e. The molecule has 0 saturated carbocycles. The van der Waals surface area contributed by atoms with Gasteiger partial charge in [-0.25, -0.2) is 4.98 Å². The van der Waals surface area contributed by atoms with Gasteiger partial charge in [0.2, 0.25) is 0 Å². The molecule has 1 aromatic carbocycles. The van der Waals surface area contributed by atoms with Gasteiger partial charge in [-0.2, -0.15) is 0 Å². The molecule has 3 rings (SSSR count). The molecule has 3 nitrogen and oxygen atoms in total. The molecule has 1 N–H and O–H groups in total. The number of rotatable bonds is 3. The van der Waals surface area contributed by atoms with Crippen LogP contribution in [0, 0.1) is 0 Å². The van der Waals surface area contributed by atoms with Gasteiger partial charge in [-0.15, -0.1) is 0 Å². The summed E-state index contributed by atoms with van der Waals surface area (Å²) in [5, 5.41) is 4.07. The number of nitrogens with one attached hydrogen (secondary N) is 1. The second kappa shape index (κ2) is 4.51. The molecule has 1 fully saturated rings. The summed E-state index contributed by atoms with van der Waals surface area (Å²) >= 11 is 5.99. The molecule has 0 aliphatic carbocycles. The van der Waals surface area contributed by atoms with Crippen LogP contribution in [-0.4, -0.2) is 22.6 Å². The van der Waals surface area contributed by atoms with Gasteiger partial charge in [-0.3, -0.25) is 0 Å². The zero-order valence-corrected chi connectivity index (χ0v) is 10.2. The fraction of sp³-hybridized carbons (Fsp3) is 0.308. The van der Waals surface area contributed by atoms with E-state index in [0.717, 1.165) is 24.7 Å². The normalized spacial score (nSPS) is 15.8. The van der Waals surface area contributed by atoms with Crippen LogP contribution in [0.25, 0.3) is 0 Å². The van der Waals surface area contributed by atoms with Gasteiger partial charge in [0.05, 0.1) is 6.33 Å². The molecule has 1 aromatic heterocycles. The summed E-state index contributed by atoms with van der Waals surface area (Å²) in [4.78, 5) is 4.25. The van der Waals surface area contributed by atoms with Crippen molar-refractivity contribution in [3.05, 3.63) is 53.1 Å². The Balaban J connectivity index is 1.82. The van der Waals surface area contributed by atoms with E-state index in [1.165, 1.54) is 11.3 Å². The highest BCUT2D eigenvalue weighted by Crippen LogP contribution is 2.20. The van der Waals surface area contributed by atoms with Crippen LogP contribution in [0.5, 0.6) is 0 Å². The van der Waals surface area contributed by atoms with Gasteiger partial charge < -0.3 is 9.88 Å². The van der Waals surface area contributed by atoms with Crippen molar-refractivity contribution in [3.8, 4) is 0 Å². The summed E-state index contributed by atoms with van der Waals surface area (Å²) in [5.74, 6) is 0.608. The molecule has 0 unspecified atom stereocenters. The lowest BCUT2D eigenvalue weighted by Crippen LogP contribution is -2.40. The monoisotopic (exact) mass is 247 g/mol. The van der Waals surface area contributed by atoms with E-state index in [2.05, 4.69) is 20.9 Å². The van der Waals surface area contributed by atoms with Gasteiger partial charge in [-0.05, 0) is 17.7 Å². The third-order valence-electron chi connectivity index (χ3n) is 3.19. The molecule has 0 atom stereocenters. The molecule has 2 aromatic rings. The van der Waals surface area contributed by atoms with E-state index in [4.69, 9.17) is 11.6 Å². The minimum absolute atomic E-state index is 0.608. The molecule has 2 heterocycles. The quantitative estimate of drug-likeness (QED) is 0.902. The van der Waals surface area contributed by atoms with Crippen molar-refractivity contribution in [3.63, 3.8) is 0 Å². The van der Waals surface area contributed by atoms with E-state index in [1.807, 2.05) is 30.7 Å². The lowest BCUT2D eigenvalue weighted by Gasteiger charge is -2.27. The summed E-state index contributed by atoms with van der Waals surface area (Å²) in [7, 11) is 0. The first-order chi connectivity index (χ1) is 8.33. The summed E-state index contributed by atoms with van der Waals surface area (Å²) in [6.07, 6.45) is 3.87. The SMILES string of the molecule is Clc1cccc(Cn2cncc2C2CNC2)c1. The Labute approximate surface area is 105 Å². The number of benzene rings is 1. The van der Waals surface area contributed by atoms with Gasteiger partial charge in [0.15, 0.2) is 0 Å². The molecule has 4 heteroatoms. The van der Waals surface area contributed by atoms with E-state index in [0.29, 0.717) is 5.92 Å². The first-order valence-electron chi connectivity index (χ1n) is 5.78. The first kappa shape index (κ1) is 10.8. The number of nitrogens with zero attached hydrogens (tertiary/aromatic N) is 2. The number of aromatic nitrogens is 2. The zero-order valence-electron chi connectivity index (χ0n) is 9.44. The Hall–Kier alpha value is -1.32. The van der Waals surface area contributed by atoms with Crippen LogP contribution < -0.4 is 5.32 Å². The van der Waals surface area contributed by atoms with Crippen molar-refractivity contribution < 1.29 is 0 Å². The average molecular weight is 248 g/mol. The second-order valence-corrected chi connectivity index (χ2v) is 4.87. The molecule has 0 radical (unpaired) electrons. The van der Waals surface area contributed by atoms with Crippen LogP contribution in [0.3, 0.4) is 0 Å². The average Bonchev–Trinajstić information content (AvgIpc) is 2.64. The lowest BCUT2D eigenvalue weighted by atomic mass is 10.00. The van der Waals surface area contributed by atoms with Crippen molar-refractivity contribution in [2.24, 2.45) is 0 Å². The molecule has 1 saturated heterocycles. The highest BCUT2D eigenvalue weighted by atomic mass is 35.5. The highest BCUT2D eigenvalue weighted by molar-refractivity contribution is 6.30. The standard InChI is InChI=1S/C13H14ClN3/c14-12-3-1-2-10(4-12)8-17-9-16-7-13(17)11-5-15-6-11/h1-4,7,9,11,15H,5-6,8H2. The summed E-state index contributed by atoms with van der Waals surface area (Å²) < 4.78 is 2.21. The number of hydrogen-bond donors (Lipinski definition) is 1. The molecule has 1 aliphatic heterocycles. The van der Waals surface area contributed by atoms with E-state index < -0.39 is 0 Å². The molecule has 0 spiro atoms. The summed E-state index contributed by atoms with van der Waals surface area (Å²) in [6, 6.07) is 7.98. The number of halogens is 1. The Bertz CT molecular complexity index is 517. The molecular weight excluding hydrogens is 234 g/mol. The molecule has 0 bridgehead atoms. The van der Waals surface area contributed by atoms with Crippen LogP contribution in [0.2, 0.25) is 5.02 Å². The largest absolute Gasteiger partial charge is 0.330 e. The third kappa shape index (κ3) is 2.21. The molecule has 0 amide bonds. The second-order valence-electron chi connectivity index (χ2n) is 4.43. The van der Waals surface area contributed by atoms with Crippen LogP contribution in [0.1, 0.15) is 17.2 Å². The fourth-order valence-corrected chi connectivity index (χ4v) is 2.35. The maximum absolute atomic E-state index is 5.99.